The molecule has 0 spiro atoms. The molecule has 26 heavy (non-hydrogen) atoms. The van der Waals surface area contributed by atoms with Gasteiger partial charge in [0.1, 0.15) is 5.75 Å². The largest absolute Gasteiger partial charge is 0.497 e. The third kappa shape index (κ3) is 4.63. The van der Waals surface area contributed by atoms with Crippen LogP contribution >= 0.6 is 11.5 Å². The molecule has 0 bridgehead atoms. The molecule has 3 rings (SSSR count). The maximum atomic E-state index is 12.6. The average Bonchev–Trinajstić information content (AvgIpc) is 3.13. The highest BCUT2D eigenvalue weighted by molar-refractivity contribution is 7.09. The second-order valence-electron chi connectivity index (χ2n) is 5.74. The fourth-order valence-corrected chi connectivity index (χ4v) is 3.36. The van der Waals surface area contributed by atoms with Crippen LogP contribution in [0.25, 0.3) is 0 Å². The van der Waals surface area contributed by atoms with Crippen molar-refractivity contribution in [3.05, 3.63) is 35.7 Å². The Bertz CT molecular complexity index is 702. The topological polar surface area (TPSA) is 59.5 Å². The molecule has 6 nitrogen and oxygen atoms in total. The van der Waals surface area contributed by atoms with Crippen molar-refractivity contribution in [2.45, 2.75) is 12.2 Å². The van der Waals surface area contributed by atoms with Gasteiger partial charge >= 0.3 is 6.18 Å². The van der Waals surface area contributed by atoms with E-state index in [1.807, 2.05) is 24.3 Å². The first-order chi connectivity index (χ1) is 12.5. The van der Waals surface area contributed by atoms with Crippen molar-refractivity contribution >= 4 is 16.7 Å². The maximum Gasteiger partial charge on any atom is 0.452 e. The highest BCUT2D eigenvalue weighted by Gasteiger charge is 2.36. The number of aromatic nitrogens is 2. The van der Waals surface area contributed by atoms with Gasteiger partial charge in [-0.25, -0.2) is 0 Å². The summed E-state index contributed by atoms with van der Waals surface area (Å²) in [5.74, 6) is -0.362. The summed E-state index contributed by atoms with van der Waals surface area (Å²) in [6.45, 7) is 3.18. The summed E-state index contributed by atoms with van der Waals surface area (Å²) in [6, 6.07) is 7.64. The number of nitrogens with zero attached hydrogens (tertiary/aromatic N) is 3. The summed E-state index contributed by atoms with van der Waals surface area (Å²) in [5.41, 5.74) is 1.04. The van der Waals surface area contributed by atoms with Gasteiger partial charge in [-0.05, 0) is 17.7 Å². The zero-order valence-electron chi connectivity index (χ0n) is 14.1. The van der Waals surface area contributed by atoms with Gasteiger partial charge in [0, 0.05) is 31.2 Å². The van der Waals surface area contributed by atoms with Crippen molar-refractivity contribution in [3.63, 3.8) is 0 Å². The van der Waals surface area contributed by atoms with Crippen LogP contribution in [0.3, 0.4) is 0 Å². The molecule has 0 amide bonds. The molecule has 142 valence electrons. The van der Waals surface area contributed by atoms with Crippen molar-refractivity contribution in [1.29, 1.82) is 0 Å². The summed E-state index contributed by atoms with van der Waals surface area (Å²) in [4.78, 5) is 5.77. The van der Waals surface area contributed by atoms with E-state index in [1.165, 1.54) is 0 Å². The lowest BCUT2D eigenvalue weighted by Gasteiger charge is -2.34. The van der Waals surface area contributed by atoms with Crippen LogP contribution in [0, 0.1) is 0 Å². The van der Waals surface area contributed by atoms with Crippen LogP contribution in [-0.2, 0) is 10.9 Å². The van der Waals surface area contributed by atoms with Gasteiger partial charge in [0.2, 0.25) is 11.0 Å². The Hall–Kier alpha value is -1.91. The van der Waals surface area contributed by atoms with E-state index >= 15 is 0 Å². The number of methoxy groups -OCH3 is 1. The Morgan fingerprint density at radius 3 is 2.54 bits per heavy atom. The molecule has 2 aromatic rings. The lowest BCUT2D eigenvalue weighted by atomic mass is 10.0. The van der Waals surface area contributed by atoms with E-state index in [-0.39, 0.29) is 11.2 Å². The van der Waals surface area contributed by atoms with Crippen molar-refractivity contribution in [1.82, 2.24) is 14.3 Å². The molecule has 1 aromatic heterocycles. The first kappa shape index (κ1) is 18.9. The molecule has 0 radical (unpaired) electrons. The van der Waals surface area contributed by atoms with Crippen LogP contribution < -0.4 is 10.1 Å². The molecule has 0 aliphatic carbocycles. The van der Waals surface area contributed by atoms with E-state index in [0.29, 0.717) is 31.3 Å². The van der Waals surface area contributed by atoms with Crippen LogP contribution in [0.1, 0.15) is 17.4 Å². The number of ether oxygens (including phenoxy) is 2. The quantitative estimate of drug-likeness (QED) is 0.821. The lowest BCUT2D eigenvalue weighted by Crippen LogP contribution is -2.41. The lowest BCUT2D eigenvalue weighted by molar-refractivity contribution is -0.144. The molecule has 10 heteroatoms. The van der Waals surface area contributed by atoms with Crippen molar-refractivity contribution in [3.8, 4) is 5.75 Å². The number of nitrogens with one attached hydrogen (secondary N) is 1. The van der Waals surface area contributed by atoms with Crippen molar-refractivity contribution in [2.24, 2.45) is 0 Å². The highest BCUT2D eigenvalue weighted by Crippen LogP contribution is 2.30. The Balaban J connectivity index is 1.73. The molecule has 1 aliphatic heterocycles. The molecule has 0 saturated carbocycles. The number of hydrogen-bond donors (Lipinski definition) is 1. The fraction of sp³-hybridized carbons (Fsp3) is 0.500. The number of halogens is 3. The maximum absolute atomic E-state index is 12.6. The van der Waals surface area contributed by atoms with Crippen LogP contribution in [0.15, 0.2) is 24.3 Å². The van der Waals surface area contributed by atoms with Gasteiger partial charge in [-0.15, -0.1) is 0 Å². The molecule has 1 saturated heterocycles. The normalized spacial score (nSPS) is 17.1. The molecule has 1 aliphatic rings. The second kappa shape index (κ2) is 8.19. The Kier molecular flexibility index (Phi) is 5.94. The molecule has 1 N–H and O–H groups in total. The first-order valence-corrected chi connectivity index (χ1v) is 8.85. The first-order valence-electron chi connectivity index (χ1n) is 8.08. The van der Waals surface area contributed by atoms with E-state index in [4.69, 9.17) is 9.47 Å². The number of anilines is 1. The summed E-state index contributed by atoms with van der Waals surface area (Å²) in [7, 11) is 1.60. The minimum absolute atomic E-state index is 0.0250. The van der Waals surface area contributed by atoms with Crippen LogP contribution in [0.5, 0.6) is 5.75 Å². The smallest absolute Gasteiger partial charge is 0.452 e. The van der Waals surface area contributed by atoms with E-state index in [0.717, 1.165) is 24.4 Å². The summed E-state index contributed by atoms with van der Waals surface area (Å²) < 4.78 is 51.9. The van der Waals surface area contributed by atoms with Crippen LogP contribution in [-0.4, -0.2) is 54.2 Å². The van der Waals surface area contributed by atoms with E-state index in [1.54, 1.807) is 7.11 Å². The van der Waals surface area contributed by atoms with Gasteiger partial charge in [0.05, 0.1) is 26.4 Å². The summed E-state index contributed by atoms with van der Waals surface area (Å²) >= 11 is 0.711. The highest BCUT2D eigenvalue weighted by atomic mass is 32.1. The van der Waals surface area contributed by atoms with Crippen LogP contribution in [0.2, 0.25) is 0 Å². The van der Waals surface area contributed by atoms with Crippen molar-refractivity contribution < 1.29 is 22.6 Å². The Morgan fingerprint density at radius 2 is 1.96 bits per heavy atom. The average molecular weight is 388 g/mol. The second-order valence-corrected chi connectivity index (χ2v) is 6.49. The monoisotopic (exact) mass is 388 g/mol. The molecular formula is C16H19F3N4O2S. The van der Waals surface area contributed by atoms with E-state index in [9.17, 15) is 13.2 Å². The molecule has 1 aromatic carbocycles. The minimum atomic E-state index is -4.53. The van der Waals surface area contributed by atoms with E-state index in [2.05, 4.69) is 19.6 Å². The Labute approximate surface area is 153 Å². The van der Waals surface area contributed by atoms with Gasteiger partial charge in [-0.3, -0.25) is 4.90 Å². The predicted octanol–water partition coefficient (Wildman–Crippen LogP) is 3.05. The standard InChI is InChI=1S/C16H19F3N4O2S/c1-24-12-4-2-11(3-5-12)13(23-6-8-25-9-7-23)10-20-15-21-14(22-26-15)16(17,18)19/h2-5,13H,6-10H2,1H3,(H,20,21,22)/t13-/m1/s1. The van der Waals surface area contributed by atoms with E-state index < -0.39 is 12.0 Å². The molecule has 1 atom stereocenters. The Morgan fingerprint density at radius 1 is 1.27 bits per heavy atom. The third-order valence-corrected chi connectivity index (χ3v) is 4.79. The fourth-order valence-electron chi connectivity index (χ4n) is 2.77. The summed E-state index contributed by atoms with van der Waals surface area (Å²) in [5, 5.41) is 3.15. The number of morpholine rings is 1. The number of hydrogen-bond acceptors (Lipinski definition) is 7. The number of benzene rings is 1. The van der Waals surface area contributed by atoms with Crippen LogP contribution in [0.4, 0.5) is 18.3 Å². The van der Waals surface area contributed by atoms with Gasteiger partial charge < -0.3 is 14.8 Å². The molecule has 2 heterocycles. The number of rotatable bonds is 6. The van der Waals surface area contributed by atoms with Gasteiger partial charge in [0.15, 0.2) is 0 Å². The zero-order chi connectivity index (χ0) is 18.6. The van der Waals surface area contributed by atoms with Gasteiger partial charge in [0.25, 0.3) is 0 Å². The minimum Gasteiger partial charge on any atom is -0.497 e. The predicted molar refractivity (Wildman–Crippen MR) is 91.5 cm³/mol. The SMILES string of the molecule is COc1ccc([C@@H](CNc2nc(C(F)(F)F)ns2)N2CCOCC2)cc1. The van der Waals surface area contributed by atoms with Gasteiger partial charge in [-0.1, -0.05) is 12.1 Å². The van der Waals surface area contributed by atoms with Crippen molar-refractivity contribution in [2.75, 3.05) is 45.3 Å². The van der Waals surface area contributed by atoms with Gasteiger partial charge in [-0.2, -0.15) is 22.5 Å². The third-order valence-electron chi connectivity index (χ3n) is 4.11. The molecule has 1 fully saturated rings. The number of alkyl halides is 3. The zero-order valence-corrected chi connectivity index (χ0v) is 14.9. The molecular weight excluding hydrogens is 369 g/mol. The molecule has 0 unspecified atom stereocenters. The summed E-state index contributed by atoms with van der Waals surface area (Å²) in [6.07, 6.45) is -4.53.